The van der Waals surface area contributed by atoms with Crippen LogP contribution in [0.3, 0.4) is 0 Å². The van der Waals surface area contributed by atoms with Crippen molar-refractivity contribution in [3.05, 3.63) is 34.3 Å². The Hall–Kier alpha value is -2.31. The number of aryl methyl sites for hydroxylation is 1. The van der Waals surface area contributed by atoms with Crippen molar-refractivity contribution in [3.8, 4) is 11.5 Å². The minimum absolute atomic E-state index is 0.0558. The van der Waals surface area contributed by atoms with E-state index in [-0.39, 0.29) is 5.69 Å². The average molecular weight is 266 g/mol. The smallest absolute Gasteiger partial charge is 0.287 e. The monoisotopic (exact) mass is 266 g/mol. The molecule has 0 aromatic carbocycles. The third kappa shape index (κ3) is 4.46. The summed E-state index contributed by atoms with van der Waals surface area (Å²) >= 11 is 0. The van der Waals surface area contributed by atoms with Gasteiger partial charge < -0.3 is 4.52 Å². The molecule has 0 aliphatic rings. The molecule has 7 heteroatoms. The molecule has 0 radical (unpaired) electrons. The third-order valence-electron chi connectivity index (χ3n) is 1.85. The van der Waals surface area contributed by atoms with Crippen LogP contribution in [0.25, 0.3) is 11.5 Å². The van der Waals surface area contributed by atoms with E-state index >= 15 is 0 Å². The van der Waals surface area contributed by atoms with Gasteiger partial charge in [0.15, 0.2) is 0 Å². The number of nitro groups is 1. The highest BCUT2D eigenvalue weighted by atomic mass is 16.6. The van der Waals surface area contributed by atoms with E-state index in [9.17, 15) is 10.1 Å². The van der Waals surface area contributed by atoms with Crippen molar-refractivity contribution in [2.75, 3.05) is 0 Å². The maximum Gasteiger partial charge on any atom is 0.287 e. The normalized spacial score (nSPS) is 8.68. The Labute approximate surface area is 111 Å². The lowest BCUT2D eigenvalue weighted by Crippen LogP contribution is -1.94. The molecular formula is C12H18N4O3. The zero-order valence-electron chi connectivity index (χ0n) is 11.7. The van der Waals surface area contributed by atoms with Crippen LogP contribution >= 0.6 is 0 Å². The molecule has 0 amide bonds. The first-order valence-electron chi connectivity index (χ1n) is 6.06. The fourth-order valence-electron chi connectivity index (χ4n) is 1.17. The van der Waals surface area contributed by atoms with Gasteiger partial charge in [-0.1, -0.05) is 32.9 Å². The zero-order valence-corrected chi connectivity index (χ0v) is 11.7. The zero-order chi connectivity index (χ0) is 14.8. The molecule has 2 rings (SSSR count). The molecule has 0 saturated heterocycles. The second-order valence-corrected chi connectivity index (χ2v) is 2.87. The molecule has 0 bridgehead atoms. The molecule has 0 unspecified atom stereocenters. The van der Waals surface area contributed by atoms with Gasteiger partial charge in [0.05, 0.1) is 4.92 Å². The van der Waals surface area contributed by atoms with Crippen molar-refractivity contribution in [2.24, 2.45) is 0 Å². The first kappa shape index (κ1) is 16.7. The van der Waals surface area contributed by atoms with E-state index in [0.29, 0.717) is 17.1 Å². The summed E-state index contributed by atoms with van der Waals surface area (Å²) in [6.45, 7) is 9.70. The van der Waals surface area contributed by atoms with E-state index in [4.69, 9.17) is 0 Å². The summed E-state index contributed by atoms with van der Waals surface area (Å²) in [5.41, 5.74) is 1.06. The summed E-state index contributed by atoms with van der Waals surface area (Å²) in [6.07, 6.45) is 2.34. The average Bonchev–Trinajstić information content (AvgIpc) is 2.97. The van der Waals surface area contributed by atoms with Crippen molar-refractivity contribution < 1.29 is 9.45 Å². The highest BCUT2D eigenvalue weighted by Gasteiger charge is 2.13. The molecule has 2 aromatic rings. The summed E-state index contributed by atoms with van der Waals surface area (Å²) < 4.78 is 4.57. The molecule has 2 aromatic heterocycles. The Morgan fingerprint density at radius 2 is 1.84 bits per heavy atom. The number of hydrogen-bond acceptors (Lipinski definition) is 6. The van der Waals surface area contributed by atoms with Crippen LogP contribution in [0, 0.1) is 17.0 Å². The van der Waals surface area contributed by atoms with Gasteiger partial charge in [-0.3, -0.25) is 10.1 Å². The number of pyridine rings is 1. The van der Waals surface area contributed by atoms with Gasteiger partial charge in [0, 0.05) is 6.07 Å². The van der Waals surface area contributed by atoms with Crippen molar-refractivity contribution in [1.82, 2.24) is 15.1 Å². The Morgan fingerprint density at radius 3 is 2.26 bits per heavy atom. The highest BCUT2D eigenvalue weighted by molar-refractivity contribution is 5.55. The molecule has 0 saturated carbocycles. The standard InChI is InChI=1S/C8H6N4O3.2C2H6/c1-5-2-6(12(13)14)3-9-7(5)8-10-4-15-11-8;2*1-2/h2-4H,1H3;2*1-2H3. The lowest BCUT2D eigenvalue weighted by Gasteiger charge is -1.98. The van der Waals surface area contributed by atoms with Crippen molar-refractivity contribution in [2.45, 2.75) is 34.6 Å². The van der Waals surface area contributed by atoms with Crippen LogP contribution in [0.5, 0.6) is 0 Å². The molecule has 0 spiro atoms. The molecule has 104 valence electrons. The Balaban J connectivity index is 0.000000741. The van der Waals surface area contributed by atoms with Crippen molar-refractivity contribution in [1.29, 1.82) is 0 Å². The van der Waals surface area contributed by atoms with E-state index < -0.39 is 4.92 Å². The SMILES string of the molecule is CC.CC.Cc1cc([N+](=O)[O-])cnc1-c1ncon1. The van der Waals surface area contributed by atoms with Gasteiger partial charge in [-0.25, -0.2) is 4.98 Å². The van der Waals surface area contributed by atoms with Gasteiger partial charge in [0.2, 0.25) is 12.2 Å². The second-order valence-electron chi connectivity index (χ2n) is 2.87. The van der Waals surface area contributed by atoms with E-state index in [1.54, 1.807) is 6.92 Å². The van der Waals surface area contributed by atoms with Crippen molar-refractivity contribution in [3.63, 3.8) is 0 Å². The van der Waals surface area contributed by atoms with E-state index in [0.717, 1.165) is 0 Å². The minimum atomic E-state index is -0.500. The van der Waals surface area contributed by atoms with Gasteiger partial charge in [-0.15, -0.1) is 0 Å². The van der Waals surface area contributed by atoms with Crippen LogP contribution in [0.15, 0.2) is 23.2 Å². The molecule has 0 fully saturated rings. The van der Waals surface area contributed by atoms with Crippen LogP contribution in [0.4, 0.5) is 5.69 Å². The largest absolute Gasteiger partial charge is 0.342 e. The first-order chi connectivity index (χ1) is 9.18. The summed E-state index contributed by atoms with van der Waals surface area (Å²) in [5, 5.41) is 14.1. The Kier molecular flexibility index (Phi) is 7.67. The maximum atomic E-state index is 10.5. The van der Waals surface area contributed by atoms with Gasteiger partial charge >= 0.3 is 0 Å². The van der Waals surface area contributed by atoms with Gasteiger partial charge in [0.1, 0.15) is 11.9 Å². The molecule has 0 atom stereocenters. The van der Waals surface area contributed by atoms with Gasteiger partial charge in [0.25, 0.3) is 5.69 Å². The predicted octanol–water partition coefficient (Wildman–Crippen LogP) is 3.40. The molecule has 0 aliphatic carbocycles. The van der Waals surface area contributed by atoms with E-state index in [2.05, 4.69) is 19.6 Å². The Bertz CT molecular complexity index is 498. The molecule has 7 nitrogen and oxygen atoms in total. The fraction of sp³-hybridized carbons (Fsp3) is 0.417. The third-order valence-corrected chi connectivity index (χ3v) is 1.85. The number of hydrogen-bond donors (Lipinski definition) is 0. The van der Waals surface area contributed by atoms with E-state index in [1.165, 1.54) is 18.7 Å². The topological polar surface area (TPSA) is 95.0 Å². The summed E-state index contributed by atoms with van der Waals surface area (Å²) in [5.74, 6) is 0.322. The van der Waals surface area contributed by atoms with Gasteiger partial charge in [-0.2, -0.15) is 4.98 Å². The molecule has 0 aliphatic heterocycles. The van der Waals surface area contributed by atoms with Crippen LogP contribution in [-0.2, 0) is 0 Å². The Morgan fingerprint density at radius 1 is 1.21 bits per heavy atom. The number of rotatable bonds is 2. The lowest BCUT2D eigenvalue weighted by atomic mass is 10.2. The quantitative estimate of drug-likeness (QED) is 0.610. The molecule has 19 heavy (non-hydrogen) atoms. The first-order valence-corrected chi connectivity index (χ1v) is 6.06. The molecule has 2 heterocycles. The fourth-order valence-corrected chi connectivity index (χ4v) is 1.17. The maximum absolute atomic E-state index is 10.5. The van der Waals surface area contributed by atoms with Crippen molar-refractivity contribution >= 4 is 5.69 Å². The lowest BCUT2D eigenvalue weighted by molar-refractivity contribution is -0.385. The van der Waals surface area contributed by atoms with Crippen LogP contribution in [0.1, 0.15) is 33.3 Å². The molecule has 0 N–H and O–H groups in total. The van der Waals surface area contributed by atoms with Crippen LogP contribution in [-0.4, -0.2) is 20.0 Å². The summed E-state index contributed by atoms with van der Waals surface area (Å²) in [4.78, 5) is 17.7. The van der Waals surface area contributed by atoms with Crippen LogP contribution in [0.2, 0.25) is 0 Å². The second kappa shape index (κ2) is 8.73. The summed E-state index contributed by atoms with van der Waals surface area (Å²) in [7, 11) is 0. The highest BCUT2D eigenvalue weighted by Crippen LogP contribution is 2.20. The number of nitrogens with zero attached hydrogens (tertiary/aromatic N) is 4. The summed E-state index contributed by atoms with van der Waals surface area (Å²) in [6, 6.07) is 1.42. The van der Waals surface area contributed by atoms with E-state index in [1.807, 2.05) is 27.7 Å². The van der Waals surface area contributed by atoms with Gasteiger partial charge in [-0.05, 0) is 12.5 Å². The minimum Gasteiger partial charge on any atom is -0.342 e. The van der Waals surface area contributed by atoms with Crippen LogP contribution < -0.4 is 0 Å². The molecular weight excluding hydrogens is 248 g/mol. The predicted molar refractivity (Wildman–Crippen MR) is 71.6 cm³/mol. The number of aromatic nitrogens is 3.